The lowest BCUT2D eigenvalue weighted by Gasteiger charge is -2.17. The third-order valence-electron chi connectivity index (χ3n) is 3.51. The monoisotopic (exact) mass is 289 g/mol. The SMILES string of the molecule is CCc1ccc(CC(NN)c2ccc(C)c(Cl)c2)nc1. The van der Waals surface area contributed by atoms with E-state index >= 15 is 0 Å². The standard InChI is InChI=1S/C16H20ClN3/c1-3-12-5-7-14(19-10-12)9-16(20-18)13-6-4-11(2)15(17)8-13/h4-8,10,16,20H,3,9,18H2,1-2H3. The number of hydrogen-bond acceptors (Lipinski definition) is 3. The molecule has 20 heavy (non-hydrogen) atoms. The van der Waals surface area contributed by atoms with Crippen LogP contribution in [0.1, 0.15) is 35.3 Å². The molecule has 1 unspecified atom stereocenters. The van der Waals surface area contributed by atoms with Gasteiger partial charge in [-0.25, -0.2) is 0 Å². The van der Waals surface area contributed by atoms with Gasteiger partial charge in [-0.3, -0.25) is 16.3 Å². The minimum Gasteiger partial charge on any atom is -0.271 e. The summed E-state index contributed by atoms with van der Waals surface area (Å²) < 4.78 is 0. The Balaban J connectivity index is 2.16. The van der Waals surface area contributed by atoms with E-state index in [1.807, 2.05) is 31.3 Å². The maximum Gasteiger partial charge on any atom is 0.0515 e. The maximum atomic E-state index is 6.17. The minimum absolute atomic E-state index is 0.00748. The average Bonchev–Trinajstić information content (AvgIpc) is 2.48. The number of hydrogen-bond donors (Lipinski definition) is 2. The molecule has 0 saturated carbocycles. The molecule has 1 heterocycles. The highest BCUT2D eigenvalue weighted by molar-refractivity contribution is 6.31. The van der Waals surface area contributed by atoms with Gasteiger partial charge in [0, 0.05) is 23.3 Å². The van der Waals surface area contributed by atoms with Crippen LogP contribution in [0, 0.1) is 6.92 Å². The normalized spacial score (nSPS) is 12.4. The summed E-state index contributed by atoms with van der Waals surface area (Å²) in [6.07, 6.45) is 3.66. The van der Waals surface area contributed by atoms with E-state index in [9.17, 15) is 0 Å². The van der Waals surface area contributed by atoms with E-state index in [1.165, 1.54) is 5.56 Å². The molecule has 0 aliphatic rings. The first-order chi connectivity index (χ1) is 9.63. The van der Waals surface area contributed by atoms with E-state index in [0.717, 1.165) is 34.7 Å². The Morgan fingerprint density at radius 1 is 1.30 bits per heavy atom. The summed E-state index contributed by atoms with van der Waals surface area (Å²) in [6.45, 7) is 4.11. The number of rotatable bonds is 5. The van der Waals surface area contributed by atoms with Gasteiger partial charge >= 0.3 is 0 Å². The molecule has 0 aliphatic heterocycles. The number of pyridine rings is 1. The first-order valence-corrected chi connectivity index (χ1v) is 7.17. The predicted molar refractivity (Wildman–Crippen MR) is 83.6 cm³/mol. The van der Waals surface area contributed by atoms with Gasteiger partial charge in [0.05, 0.1) is 6.04 Å². The lowest BCUT2D eigenvalue weighted by Crippen LogP contribution is -2.29. The summed E-state index contributed by atoms with van der Waals surface area (Å²) in [7, 11) is 0. The van der Waals surface area contributed by atoms with Crippen molar-refractivity contribution in [1.82, 2.24) is 10.4 Å². The summed E-state index contributed by atoms with van der Waals surface area (Å²) in [5.41, 5.74) is 7.24. The lowest BCUT2D eigenvalue weighted by atomic mass is 10.0. The summed E-state index contributed by atoms with van der Waals surface area (Å²) in [5, 5.41) is 0.761. The fourth-order valence-corrected chi connectivity index (χ4v) is 2.28. The summed E-state index contributed by atoms with van der Waals surface area (Å²) in [4.78, 5) is 4.47. The van der Waals surface area contributed by atoms with Crippen LogP contribution in [0.25, 0.3) is 0 Å². The molecule has 1 aromatic carbocycles. The molecule has 106 valence electrons. The maximum absolute atomic E-state index is 6.17. The molecular formula is C16H20ClN3. The van der Waals surface area contributed by atoms with Crippen molar-refractivity contribution < 1.29 is 0 Å². The molecule has 1 atom stereocenters. The zero-order chi connectivity index (χ0) is 14.5. The van der Waals surface area contributed by atoms with Crippen molar-refractivity contribution in [1.29, 1.82) is 0 Å². The van der Waals surface area contributed by atoms with E-state index in [1.54, 1.807) is 0 Å². The molecular weight excluding hydrogens is 270 g/mol. The Bertz CT molecular complexity index is 566. The fraction of sp³-hybridized carbons (Fsp3) is 0.312. The van der Waals surface area contributed by atoms with Crippen molar-refractivity contribution in [3.05, 3.63) is 63.9 Å². The van der Waals surface area contributed by atoms with Crippen molar-refractivity contribution in [3.63, 3.8) is 0 Å². The number of aryl methyl sites for hydroxylation is 2. The average molecular weight is 290 g/mol. The molecule has 2 aromatic rings. The summed E-state index contributed by atoms with van der Waals surface area (Å²) >= 11 is 6.17. The van der Waals surface area contributed by atoms with Crippen molar-refractivity contribution in [3.8, 4) is 0 Å². The van der Waals surface area contributed by atoms with Crippen molar-refractivity contribution >= 4 is 11.6 Å². The fourth-order valence-electron chi connectivity index (χ4n) is 2.09. The Labute approximate surface area is 125 Å². The van der Waals surface area contributed by atoms with E-state index in [4.69, 9.17) is 17.4 Å². The van der Waals surface area contributed by atoms with Gasteiger partial charge in [-0.15, -0.1) is 0 Å². The van der Waals surface area contributed by atoms with Crippen molar-refractivity contribution in [2.45, 2.75) is 32.7 Å². The molecule has 0 amide bonds. The van der Waals surface area contributed by atoms with Crippen LogP contribution < -0.4 is 11.3 Å². The Kier molecular flexibility index (Phi) is 5.12. The Hall–Kier alpha value is -1.42. The molecule has 0 aliphatic carbocycles. The number of nitrogens with one attached hydrogen (secondary N) is 1. The topological polar surface area (TPSA) is 50.9 Å². The Morgan fingerprint density at radius 2 is 2.10 bits per heavy atom. The van der Waals surface area contributed by atoms with Crippen LogP contribution in [0.2, 0.25) is 5.02 Å². The van der Waals surface area contributed by atoms with Crippen LogP contribution in [0.15, 0.2) is 36.5 Å². The zero-order valence-electron chi connectivity index (χ0n) is 11.9. The van der Waals surface area contributed by atoms with Gasteiger partial charge in [-0.05, 0) is 42.2 Å². The van der Waals surface area contributed by atoms with Crippen LogP contribution in [0.3, 0.4) is 0 Å². The quantitative estimate of drug-likeness (QED) is 0.655. The number of benzene rings is 1. The second-order valence-corrected chi connectivity index (χ2v) is 5.35. The number of nitrogens with two attached hydrogens (primary N) is 1. The molecule has 0 saturated heterocycles. The highest BCUT2D eigenvalue weighted by atomic mass is 35.5. The summed E-state index contributed by atoms with van der Waals surface area (Å²) in [5.74, 6) is 5.68. The lowest BCUT2D eigenvalue weighted by molar-refractivity contribution is 0.546. The molecule has 0 spiro atoms. The van der Waals surface area contributed by atoms with Crippen LogP contribution in [0.4, 0.5) is 0 Å². The molecule has 1 aromatic heterocycles. The molecule has 4 heteroatoms. The van der Waals surface area contributed by atoms with Gasteiger partial charge in [-0.1, -0.05) is 36.7 Å². The predicted octanol–water partition coefficient (Wildman–Crippen LogP) is 3.35. The Morgan fingerprint density at radius 3 is 2.65 bits per heavy atom. The van der Waals surface area contributed by atoms with E-state index in [0.29, 0.717) is 0 Å². The van der Waals surface area contributed by atoms with Gasteiger partial charge in [-0.2, -0.15) is 0 Å². The van der Waals surface area contributed by atoms with Crippen LogP contribution >= 0.6 is 11.6 Å². The number of nitrogens with zero attached hydrogens (tertiary/aromatic N) is 1. The molecule has 0 radical (unpaired) electrons. The van der Waals surface area contributed by atoms with Gasteiger partial charge in [0.2, 0.25) is 0 Å². The third kappa shape index (κ3) is 3.57. The van der Waals surface area contributed by atoms with Crippen molar-refractivity contribution in [2.24, 2.45) is 5.84 Å². The smallest absolute Gasteiger partial charge is 0.0515 e. The summed E-state index contributed by atoms with van der Waals surface area (Å²) in [6, 6.07) is 10.2. The first kappa shape index (κ1) is 15.0. The highest BCUT2D eigenvalue weighted by Crippen LogP contribution is 2.23. The van der Waals surface area contributed by atoms with Crippen LogP contribution in [-0.4, -0.2) is 4.98 Å². The second-order valence-electron chi connectivity index (χ2n) is 4.94. The molecule has 2 rings (SSSR count). The zero-order valence-corrected chi connectivity index (χ0v) is 12.6. The van der Waals surface area contributed by atoms with Gasteiger partial charge in [0.15, 0.2) is 0 Å². The van der Waals surface area contributed by atoms with E-state index in [-0.39, 0.29) is 6.04 Å². The largest absolute Gasteiger partial charge is 0.271 e. The third-order valence-corrected chi connectivity index (χ3v) is 3.91. The van der Waals surface area contributed by atoms with Crippen molar-refractivity contribution in [2.75, 3.05) is 0 Å². The van der Waals surface area contributed by atoms with Gasteiger partial charge < -0.3 is 0 Å². The molecule has 0 fully saturated rings. The first-order valence-electron chi connectivity index (χ1n) is 6.80. The van der Waals surface area contributed by atoms with E-state index < -0.39 is 0 Å². The number of halogens is 1. The highest BCUT2D eigenvalue weighted by Gasteiger charge is 2.12. The molecule has 0 bridgehead atoms. The van der Waals surface area contributed by atoms with Gasteiger partial charge in [0.1, 0.15) is 0 Å². The molecule has 3 nitrogen and oxygen atoms in total. The van der Waals surface area contributed by atoms with Crippen LogP contribution in [-0.2, 0) is 12.8 Å². The minimum atomic E-state index is 0.00748. The van der Waals surface area contributed by atoms with E-state index in [2.05, 4.69) is 29.5 Å². The number of hydrazine groups is 1. The van der Waals surface area contributed by atoms with Gasteiger partial charge in [0.25, 0.3) is 0 Å². The molecule has 3 N–H and O–H groups in total. The number of aromatic nitrogens is 1. The second kappa shape index (κ2) is 6.84. The van der Waals surface area contributed by atoms with Crippen LogP contribution in [0.5, 0.6) is 0 Å².